The second-order valence-corrected chi connectivity index (χ2v) is 8.77. The van der Waals surface area contributed by atoms with E-state index in [9.17, 15) is 25.6 Å². The number of benzene rings is 1. The van der Waals surface area contributed by atoms with Gasteiger partial charge in [-0.25, -0.2) is 34.6 Å². The van der Waals surface area contributed by atoms with E-state index in [1.54, 1.807) is 0 Å². The highest BCUT2D eigenvalue weighted by molar-refractivity contribution is 7.89. The van der Waals surface area contributed by atoms with Gasteiger partial charge in [0.05, 0.1) is 6.26 Å². The lowest BCUT2D eigenvalue weighted by Crippen LogP contribution is -2.49. The van der Waals surface area contributed by atoms with Crippen molar-refractivity contribution in [2.45, 2.75) is 23.8 Å². The molecule has 1 saturated heterocycles. The summed E-state index contributed by atoms with van der Waals surface area (Å²) >= 11 is 0. The quantitative estimate of drug-likeness (QED) is 0.861. The Morgan fingerprint density at radius 2 is 1.77 bits per heavy atom. The zero-order valence-corrected chi connectivity index (χ0v) is 13.4. The van der Waals surface area contributed by atoms with Crippen molar-refractivity contribution in [3.05, 3.63) is 29.8 Å². The van der Waals surface area contributed by atoms with E-state index in [1.807, 2.05) is 0 Å². The predicted octanol–water partition coefficient (Wildman–Crippen LogP) is 0.667. The maximum atomic E-state index is 13.6. The second-order valence-electron chi connectivity index (χ2n) is 5.13. The Hall–Kier alpha value is -1.10. The van der Waals surface area contributed by atoms with E-state index in [4.69, 9.17) is 0 Å². The maximum absolute atomic E-state index is 13.6. The topological polar surface area (TPSA) is 83.6 Å². The summed E-state index contributed by atoms with van der Waals surface area (Å²) in [5.41, 5.74) is 0. The van der Waals surface area contributed by atoms with E-state index < -0.39 is 42.6 Å². The van der Waals surface area contributed by atoms with Gasteiger partial charge in [0.25, 0.3) is 0 Å². The number of nitrogens with zero attached hydrogens (tertiary/aromatic N) is 1. The summed E-state index contributed by atoms with van der Waals surface area (Å²) in [6.07, 6.45) is 1.88. The molecule has 22 heavy (non-hydrogen) atoms. The Kier molecular flexibility index (Phi) is 4.85. The van der Waals surface area contributed by atoms with E-state index in [2.05, 4.69) is 4.72 Å². The Morgan fingerprint density at radius 1 is 1.18 bits per heavy atom. The molecule has 0 aliphatic carbocycles. The lowest BCUT2D eigenvalue weighted by molar-refractivity contribution is 0.304. The second kappa shape index (κ2) is 6.19. The van der Waals surface area contributed by atoms with Crippen LogP contribution >= 0.6 is 0 Å². The first-order valence-corrected chi connectivity index (χ1v) is 9.86. The third-order valence-corrected chi connectivity index (χ3v) is 6.20. The number of nitrogens with one attached hydrogen (secondary N) is 1. The summed E-state index contributed by atoms with van der Waals surface area (Å²) in [7, 11) is -7.86. The molecule has 1 aromatic rings. The largest absolute Gasteiger partial charge is 0.246 e. The zero-order valence-electron chi connectivity index (χ0n) is 11.8. The Balaban J connectivity index is 2.22. The average molecular weight is 354 g/mol. The van der Waals surface area contributed by atoms with Gasteiger partial charge >= 0.3 is 0 Å². The van der Waals surface area contributed by atoms with Crippen LogP contribution in [0.3, 0.4) is 0 Å². The van der Waals surface area contributed by atoms with E-state index in [0.717, 1.165) is 28.8 Å². The van der Waals surface area contributed by atoms with Crippen molar-refractivity contribution >= 4 is 20.0 Å². The predicted molar refractivity (Wildman–Crippen MR) is 76.1 cm³/mol. The highest BCUT2D eigenvalue weighted by Gasteiger charge is 2.31. The van der Waals surface area contributed by atoms with Gasteiger partial charge in [0, 0.05) is 19.1 Å². The molecule has 6 nitrogen and oxygen atoms in total. The number of rotatable bonds is 4. The average Bonchev–Trinajstić information content (AvgIpc) is 2.36. The molecule has 0 aromatic heterocycles. The number of hydrogen-bond acceptors (Lipinski definition) is 4. The van der Waals surface area contributed by atoms with Gasteiger partial charge in [-0.1, -0.05) is 6.07 Å². The lowest BCUT2D eigenvalue weighted by atomic mass is 10.1. The van der Waals surface area contributed by atoms with Gasteiger partial charge < -0.3 is 0 Å². The van der Waals surface area contributed by atoms with E-state index in [0.29, 0.717) is 19.4 Å². The fraction of sp³-hybridized carbons (Fsp3) is 0.500. The van der Waals surface area contributed by atoms with Crippen molar-refractivity contribution in [1.82, 2.24) is 9.03 Å². The molecule has 0 bridgehead atoms. The van der Waals surface area contributed by atoms with Gasteiger partial charge in [-0.3, -0.25) is 0 Å². The van der Waals surface area contributed by atoms with Crippen LogP contribution < -0.4 is 4.72 Å². The van der Waals surface area contributed by atoms with Gasteiger partial charge in [-0.2, -0.15) is 0 Å². The monoisotopic (exact) mass is 354 g/mol. The third-order valence-electron chi connectivity index (χ3n) is 3.36. The zero-order chi connectivity index (χ0) is 16.5. The van der Waals surface area contributed by atoms with E-state index in [1.165, 1.54) is 0 Å². The summed E-state index contributed by atoms with van der Waals surface area (Å²) in [6, 6.07) is 2.03. The molecule has 0 spiro atoms. The Labute approximate surface area is 128 Å². The van der Waals surface area contributed by atoms with Gasteiger partial charge in [0.2, 0.25) is 20.0 Å². The summed E-state index contributed by atoms with van der Waals surface area (Å²) in [5, 5.41) is 0. The number of piperidine rings is 1. The van der Waals surface area contributed by atoms with Crippen molar-refractivity contribution < 1.29 is 25.6 Å². The first kappa shape index (κ1) is 17.3. The number of sulfonamides is 2. The van der Waals surface area contributed by atoms with Crippen LogP contribution in [0.25, 0.3) is 0 Å². The molecule has 10 heteroatoms. The molecule has 1 aliphatic heterocycles. The molecule has 1 aliphatic rings. The fourth-order valence-corrected chi connectivity index (χ4v) is 4.67. The van der Waals surface area contributed by atoms with E-state index >= 15 is 0 Å². The van der Waals surface area contributed by atoms with Gasteiger partial charge in [0.15, 0.2) is 4.90 Å². The Bertz CT molecular complexity index is 745. The van der Waals surface area contributed by atoms with Crippen molar-refractivity contribution in [3.63, 3.8) is 0 Å². The molecule has 1 heterocycles. The van der Waals surface area contributed by atoms with Crippen LogP contribution in [-0.2, 0) is 20.0 Å². The highest BCUT2D eigenvalue weighted by atomic mass is 32.2. The smallest absolute Gasteiger partial charge is 0.213 e. The van der Waals surface area contributed by atoms with Crippen LogP contribution in [0.15, 0.2) is 23.1 Å². The van der Waals surface area contributed by atoms with Crippen LogP contribution in [0.1, 0.15) is 12.8 Å². The first-order chi connectivity index (χ1) is 10.1. The fourth-order valence-electron chi connectivity index (χ4n) is 2.36. The molecular weight excluding hydrogens is 338 g/mol. The summed E-state index contributed by atoms with van der Waals surface area (Å²) in [4.78, 5) is -1.05. The molecule has 0 saturated carbocycles. The molecule has 1 atom stereocenters. The minimum Gasteiger partial charge on any atom is -0.213 e. The molecule has 1 N–H and O–H groups in total. The van der Waals surface area contributed by atoms with Crippen molar-refractivity contribution in [2.75, 3.05) is 19.3 Å². The Morgan fingerprint density at radius 3 is 2.32 bits per heavy atom. The standard InChI is InChI=1S/C12H16F2N2O4S2/c1-21(17,18)16-7-3-4-9(8-16)15-22(19,20)12-10(13)5-2-6-11(12)14/h2,5-6,9,15H,3-4,7-8H2,1H3. The molecule has 1 aromatic carbocycles. The number of hydrogen-bond donors (Lipinski definition) is 1. The molecule has 1 fully saturated rings. The normalized spacial score (nSPS) is 21.0. The molecular formula is C12H16F2N2O4S2. The van der Waals surface area contributed by atoms with Crippen molar-refractivity contribution in [2.24, 2.45) is 0 Å². The van der Waals surface area contributed by atoms with Crippen LogP contribution in [-0.4, -0.2) is 46.5 Å². The van der Waals surface area contributed by atoms with Crippen molar-refractivity contribution in [3.8, 4) is 0 Å². The summed E-state index contributed by atoms with van der Waals surface area (Å²) in [6.45, 7) is 0.235. The minimum atomic E-state index is -4.41. The van der Waals surface area contributed by atoms with Crippen LogP contribution in [0.5, 0.6) is 0 Å². The number of halogens is 2. The summed E-state index contributed by atoms with van der Waals surface area (Å²) in [5.74, 6) is -2.38. The van der Waals surface area contributed by atoms with Crippen LogP contribution in [0, 0.1) is 11.6 Å². The lowest BCUT2D eigenvalue weighted by Gasteiger charge is -2.31. The minimum absolute atomic E-state index is 0.0614. The molecule has 0 amide bonds. The van der Waals surface area contributed by atoms with Gasteiger partial charge in [0.1, 0.15) is 11.6 Å². The van der Waals surface area contributed by atoms with Gasteiger partial charge in [-0.15, -0.1) is 0 Å². The molecule has 124 valence electrons. The third kappa shape index (κ3) is 3.80. The van der Waals surface area contributed by atoms with Gasteiger partial charge in [-0.05, 0) is 25.0 Å². The van der Waals surface area contributed by atoms with Crippen molar-refractivity contribution in [1.29, 1.82) is 0 Å². The molecule has 1 unspecified atom stereocenters. The first-order valence-electron chi connectivity index (χ1n) is 6.53. The van der Waals surface area contributed by atoms with Crippen LogP contribution in [0.4, 0.5) is 8.78 Å². The maximum Gasteiger partial charge on any atom is 0.246 e. The molecule has 0 radical (unpaired) electrons. The van der Waals surface area contributed by atoms with E-state index in [-0.39, 0.29) is 6.54 Å². The SMILES string of the molecule is CS(=O)(=O)N1CCCC(NS(=O)(=O)c2c(F)cccc2F)C1. The highest BCUT2D eigenvalue weighted by Crippen LogP contribution is 2.20. The van der Waals surface area contributed by atoms with Crippen LogP contribution in [0.2, 0.25) is 0 Å². The summed E-state index contributed by atoms with van der Waals surface area (Å²) < 4.78 is 77.8. The molecule has 2 rings (SSSR count).